The molecule has 2 rings (SSSR count). The largest absolute Gasteiger partial charge is 0.341 e. The van der Waals surface area contributed by atoms with Crippen molar-refractivity contribution in [3.8, 4) is 0 Å². The number of carbonyl (C=O) groups excluding carboxylic acids is 1. The summed E-state index contributed by atoms with van der Waals surface area (Å²) in [5.41, 5.74) is 0.798. The second-order valence-electron chi connectivity index (χ2n) is 6.43. The van der Waals surface area contributed by atoms with Crippen LogP contribution >= 0.6 is 0 Å². The minimum Gasteiger partial charge on any atom is -0.341 e. The Hall–Kier alpha value is -1.47. The molecule has 1 saturated heterocycles. The molecule has 0 bridgehead atoms. The molecule has 25 heavy (non-hydrogen) atoms. The first-order chi connectivity index (χ1) is 11.9. The van der Waals surface area contributed by atoms with E-state index in [9.17, 15) is 17.6 Å². The van der Waals surface area contributed by atoms with Gasteiger partial charge in [0.2, 0.25) is 15.9 Å². The number of aryl methyl sites for hydroxylation is 1. The monoisotopic (exact) mass is 370 g/mol. The number of sulfonamides is 1. The zero-order valence-corrected chi connectivity index (χ0v) is 15.6. The van der Waals surface area contributed by atoms with Gasteiger partial charge in [-0.3, -0.25) is 4.79 Å². The highest BCUT2D eigenvalue weighted by Crippen LogP contribution is 2.13. The minimum atomic E-state index is -3.22. The predicted molar refractivity (Wildman–Crippen MR) is 96.2 cm³/mol. The molecule has 1 fully saturated rings. The van der Waals surface area contributed by atoms with Gasteiger partial charge in [-0.1, -0.05) is 25.5 Å². The lowest BCUT2D eigenvalue weighted by Crippen LogP contribution is -2.38. The fraction of sp³-hybridized carbons (Fsp3) is 0.611. The Morgan fingerprint density at radius 2 is 2.00 bits per heavy atom. The second-order valence-corrected chi connectivity index (χ2v) is 8.52. The third-order valence-electron chi connectivity index (χ3n) is 4.47. The van der Waals surface area contributed by atoms with Crippen LogP contribution < -0.4 is 0 Å². The van der Waals surface area contributed by atoms with E-state index >= 15 is 0 Å². The third kappa shape index (κ3) is 6.08. The number of carbonyl (C=O) groups is 1. The zero-order valence-electron chi connectivity index (χ0n) is 14.8. The highest BCUT2D eigenvalue weighted by atomic mass is 32.2. The number of amides is 1. The van der Waals surface area contributed by atoms with Gasteiger partial charge in [0, 0.05) is 32.6 Å². The molecule has 1 aliphatic heterocycles. The Bertz CT molecular complexity index is 679. The molecule has 0 radical (unpaired) electrons. The number of hydrogen-bond donors (Lipinski definition) is 0. The van der Waals surface area contributed by atoms with Gasteiger partial charge in [-0.05, 0) is 37.0 Å². The summed E-state index contributed by atoms with van der Waals surface area (Å²) in [6, 6.07) is 6.27. The summed E-state index contributed by atoms with van der Waals surface area (Å²) in [6.07, 6.45) is 2.96. The molecule has 5 nitrogen and oxygen atoms in total. The summed E-state index contributed by atoms with van der Waals surface area (Å²) < 4.78 is 39.3. The predicted octanol–water partition coefficient (Wildman–Crippen LogP) is 2.42. The van der Waals surface area contributed by atoms with Crippen LogP contribution in [0.25, 0.3) is 0 Å². The van der Waals surface area contributed by atoms with E-state index in [4.69, 9.17) is 0 Å². The van der Waals surface area contributed by atoms with E-state index in [2.05, 4.69) is 0 Å². The number of hydrogen-bond acceptors (Lipinski definition) is 3. The molecule has 1 heterocycles. The van der Waals surface area contributed by atoms with E-state index in [-0.39, 0.29) is 17.5 Å². The van der Waals surface area contributed by atoms with Gasteiger partial charge < -0.3 is 4.90 Å². The molecule has 0 atom stereocenters. The van der Waals surface area contributed by atoms with Gasteiger partial charge in [0.15, 0.2) is 0 Å². The third-order valence-corrected chi connectivity index (χ3v) is 6.43. The first-order valence-corrected chi connectivity index (χ1v) is 10.5. The number of benzene rings is 1. The van der Waals surface area contributed by atoms with Crippen LogP contribution in [0.3, 0.4) is 0 Å². The molecular weight excluding hydrogens is 343 g/mol. The van der Waals surface area contributed by atoms with E-state index in [0.717, 1.165) is 12.0 Å². The normalized spacial score (nSPS) is 16.6. The standard InChI is InChI=1S/C18H27FN2O3S/c1-2-3-14-25(23,24)21-11-5-10-20(12-13-21)18(22)9-8-16-6-4-7-17(19)15-16/h4,6-7,15H,2-3,5,8-14H2,1H3. The Balaban J connectivity index is 1.86. The maximum atomic E-state index is 13.2. The van der Waals surface area contributed by atoms with E-state index in [0.29, 0.717) is 51.9 Å². The van der Waals surface area contributed by atoms with Gasteiger partial charge in [-0.25, -0.2) is 17.1 Å². The van der Waals surface area contributed by atoms with Crippen LogP contribution in [0.5, 0.6) is 0 Å². The van der Waals surface area contributed by atoms with E-state index in [1.165, 1.54) is 16.4 Å². The number of nitrogens with zero attached hydrogens (tertiary/aromatic N) is 2. The van der Waals surface area contributed by atoms with Crippen molar-refractivity contribution in [2.24, 2.45) is 0 Å². The molecule has 0 saturated carbocycles. The van der Waals surface area contributed by atoms with Crippen molar-refractivity contribution in [3.63, 3.8) is 0 Å². The summed E-state index contributed by atoms with van der Waals surface area (Å²) in [4.78, 5) is 14.1. The number of unbranched alkanes of at least 4 members (excludes halogenated alkanes) is 1. The van der Waals surface area contributed by atoms with Crippen molar-refractivity contribution in [1.82, 2.24) is 9.21 Å². The maximum absolute atomic E-state index is 13.2. The average Bonchev–Trinajstić information content (AvgIpc) is 2.85. The van der Waals surface area contributed by atoms with Crippen molar-refractivity contribution < 1.29 is 17.6 Å². The van der Waals surface area contributed by atoms with Crippen molar-refractivity contribution >= 4 is 15.9 Å². The minimum absolute atomic E-state index is 0.00272. The maximum Gasteiger partial charge on any atom is 0.222 e. The van der Waals surface area contributed by atoms with Gasteiger partial charge in [-0.15, -0.1) is 0 Å². The zero-order chi connectivity index (χ0) is 18.3. The lowest BCUT2D eigenvalue weighted by Gasteiger charge is -2.22. The molecular formula is C18H27FN2O3S. The Morgan fingerprint density at radius 1 is 1.20 bits per heavy atom. The Kier molecular flexibility index (Phi) is 7.38. The molecule has 0 spiro atoms. The lowest BCUT2D eigenvalue weighted by molar-refractivity contribution is -0.131. The summed E-state index contributed by atoms with van der Waals surface area (Å²) in [7, 11) is -3.22. The first kappa shape index (κ1) is 19.8. The van der Waals surface area contributed by atoms with Gasteiger partial charge in [0.25, 0.3) is 0 Å². The summed E-state index contributed by atoms with van der Waals surface area (Å²) in [6.45, 7) is 3.80. The molecule has 1 amide bonds. The van der Waals surface area contributed by atoms with E-state index in [1.807, 2.05) is 6.92 Å². The fourth-order valence-corrected chi connectivity index (χ4v) is 4.66. The second kappa shape index (κ2) is 9.29. The van der Waals surface area contributed by atoms with Gasteiger partial charge >= 0.3 is 0 Å². The quantitative estimate of drug-likeness (QED) is 0.741. The topological polar surface area (TPSA) is 57.7 Å². The van der Waals surface area contributed by atoms with Crippen LogP contribution in [0, 0.1) is 5.82 Å². The number of rotatable bonds is 7. The molecule has 1 aliphatic rings. The van der Waals surface area contributed by atoms with E-state index in [1.54, 1.807) is 17.0 Å². The molecule has 0 aromatic heterocycles. The molecule has 1 aromatic carbocycles. The summed E-state index contributed by atoms with van der Waals surface area (Å²) in [5, 5.41) is 0. The van der Waals surface area contributed by atoms with Crippen LogP contribution in [0.15, 0.2) is 24.3 Å². The van der Waals surface area contributed by atoms with E-state index < -0.39 is 10.0 Å². The molecule has 0 unspecified atom stereocenters. The van der Waals surface area contributed by atoms with Crippen molar-refractivity contribution in [1.29, 1.82) is 0 Å². The molecule has 1 aromatic rings. The fourth-order valence-electron chi connectivity index (χ4n) is 2.98. The highest BCUT2D eigenvalue weighted by molar-refractivity contribution is 7.89. The van der Waals surface area contributed by atoms with Crippen LogP contribution in [0.4, 0.5) is 4.39 Å². The molecule has 7 heteroatoms. The average molecular weight is 370 g/mol. The Morgan fingerprint density at radius 3 is 2.72 bits per heavy atom. The SMILES string of the molecule is CCCCS(=O)(=O)N1CCCN(C(=O)CCc2cccc(F)c2)CC1. The van der Waals surface area contributed by atoms with Crippen LogP contribution in [-0.2, 0) is 21.2 Å². The lowest BCUT2D eigenvalue weighted by atomic mass is 10.1. The summed E-state index contributed by atoms with van der Waals surface area (Å²) >= 11 is 0. The summed E-state index contributed by atoms with van der Waals surface area (Å²) in [5.74, 6) is -0.124. The smallest absolute Gasteiger partial charge is 0.222 e. The van der Waals surface area contributed by atoms with Crippen molar-refractivity contribution in [2.75, 3.05) is 31.9 Å². The highest BCUT2D eigenvalue weighted by Gasteiger charge is 2.26. The van der Waals surface area contributed by atoms with Crippen molar-refractivity contribution in [2.45, 2.75) is 39.0 Å². The van der Waals surface area contributed by atoms with Gasteiger partial charge in [0.05, 0.1) is 5.75 Å². The van der Waals surface area contributed by atoms with Gasteiger partial charge in [-0.2, -0.15) is 0 Å². The van der Waals surface area contributed by atoms with Crippen molar-refractivity contribution in [3.05, 3.63) is 35.6 Å². The Labute approximate surface area is 149 Å². The van der Waals surface area contributed by atoms with Crippen LogP contribution in [0.2, 0.25) is 0 Å². The molecule has 0 aliphatic carbocycles. The molecule has 0 N–H and O–H groups in total. The molecule has 140 valence electrons. The van der Waals surface area contributed by atoms with Crippen LogP contribution in [-0.4, -0.2) is 55.5 Å². The number of halogens is 1. The van der Waals surface area contributed by atoms with Crippen LogP contribution in [0.1, 0.15) is 38.2 Å². The van der Waals surface area contributed by atoms with Gasteiger partial charge in [0.1, 0.15) is 5.82 Å². The first-order valence-electron chi connectivity index (χ1n) is 8.92.